The lowest BCUT2D eigenvalue weighted by Crippen LogP contribution is -2.27. The van der Waals surface area contributed by atoms with Crippen LogP contribution < -0.4 is 4.90 Å². The summed E-state index contributed by atoms with van der Waals surface area (Å²) in [7, 11) is 2.84. The number of carbonyl (C=O) groups is 2. The highest BCUT2D eigenvalue weighted by molar-refractivity contribution is 7.20. The molecule has 0 aromatic carbocycles. The van der Waals surface area contributed by atoms with Crippen LogP contribution in [0, 0.1) is 0 Å². The van der Waals surface area contributed by atoms with Crippen LogP contribution in [0.1, 0.15) is 6.42 Å². The first-order chi connectivity index (χ1) is 7.04. The summed E-state index contributed by atoms with van der Waals surface area (Å²) in [6, 6.07) is 3.42. The standard InChI is InChI=1S/C9H10ClNO3S/c1-11(7(12)5-9(13)14-2)8-4-3-6(10)15-8/h3-4H,5H2,1-2H3. The summed E-state index contributed by atoms with van der Waals surface area (Å²) >= 11 is 7.01. The molecule has 82 valence electrons. The SMILES string of the molecule is COC(=O)CC(=O)N(C)c1ccc(Cl)s1. The number of amides is 1. The van der Waals surface area contributed by atoms with E-state index in [2.05, 4.69) is 4.74 Å². The Labute approximate surface area is 96.4 Å². The number of carbonyl (C=O) groups excluding carboxylic acids is 2. The minimum Gasteiger partial charge on any atom is -0.469 e. The number of hydrogen-bond acceptors (Lipinski definition) is 4. The molecule has 0 aliphatic heterocycles. The van der Waals surface area contributed by atoms with Gasteiger partial charge in [0.05, 0.1) is 16.4 Å². The normalized spacial score (nSPS) is 9.80. The van der Waals surface area contributed by atoms with E-state index in [1.54, 1.807) is 19.2 Å². The molecular formula is C9H10ClNO3S. The molecule has 1 heterocycles. The molecule has 1 amide bonds. The Hall–Kier alpha value is -1.07. The van der Waals surface area contributed by atoms with Crippen LogP contribution >= 0.6 is 22.9 Å². The Morgan fingerprint density at radius 2 is 2.20 bits per heavy atom. The van der Waals surface area contributed by atoms with Crippen molar-refractivity contribution in [3.8, 4) is 0 Å². The smallest absolute Gasteiger partial charge is 0.315 e. The summed E-state index contributed by atoms with van der Waals surface area (Å²) in [6.45, 7) is 0. The van der Waals surface area contributed by atoms with Crippen molar-refractivity contribution in [2.75, 3.05) is 19.1 Å². The van der Waals surface area contributed by atoms with Crippen molar-refractivity contribution in [3.05, 3.63) is 16.5 Å². The summed E-state index contributed by atoms with van der Waals surface area (Å²) < 4.78 is 5.00. The van der Waals surface area contributed by atoms with Gasteiger partial charge < -0.3 is 9.64 Å². The minimum atomic E-state index is -0.547. The predicted molar refractivity (Wildman–Crippen MR) is 59.4 cm³/mol. The van der Waals surface area contributed by atoms with Crippen molar-refractivity contribution in [1.82, 2.24) is 0 Å². The van der Waals surface area contributed by atoms with Gasteiger partial charge in [0.25, 0.3) is 0 Å². The first-order valence-electron chi connectivity index (χ1n) is 4.13. The molecule has 4 nitrogen and oxygen atoms in total. The zero-order valence-electron chi connectivity index (χ0n) is 8.32. The Bertz CT molecular complexity index is 377. The number of halogens is 1. The molecule has 0 fully saturated rings. The van der Waals surface area contributed by atoms with Gasteiger partial charge in [-0.05, 0) is 12.1 Å². The van der Waals surface area contributed by atoms with Crippen molar-refractivity contribution in [1.29, 1.82) is 0 Å². The molecule has 0 unspecified atom stereocenters. The molecule has 0 bridgehead atoms. The lowest BCUT2D eigenvalue weighted by Gasteiger charge is -2.13. The zero-order valence-corrected chi connectivity index (χ0v) is 9.89. The maximum atomic E-state index is 11.5. The van der Waals surface area contributed by atoms with Crippen LogP contribution in [-0.2, 0) is 14.3 Å². The van der Waals surface area contributed by atoms with Crippen molar-refractivity contribution >= 4 is 39.8 Å². The van der Waals surface area contributed by atoms with Gasteiger partial charge in [-0.15, -0.1) is 11.3 Å². The zero-order chi connectivity index (χ0) is 11.4. The quantitative estimate of drug-likeness (QED) is 0.606. The molecule has 6 heteroatoms. The molecule has 1 aromatic heterocycles. The van der Waals surface area contributed by atoms with Crippen LogP contribution in [0.2, 0.25) is 4.34 Å². The second kappa shape index (κ2) is 5.14. The molecule has 0 aliphatic carbocycles. The van der Waals surface area contributed by atoms with E-state index < -0.39 is 5.97 Å². The fraction of sp³-hybridized carbons (Fsp3) is 0.333. The maximum absolute atomic E-state index is 11.5. The summed E-state index contributed by atoms with van der Waals surface area (Å²) in [5, 5.41) is 0.703. The summed E-state index contributed by atoms with van der Waals surface area (Å²) in [5.41, 5.74) is 0. The van der Waals surface area contributed by atoms with Gasteiger partial charge in [-0.25, -0.2) is 0 Å². The lowest BCUT2D eigenvalue weighted by atomic mass is 10.4. The van der Waals surface area contributed by atoms with E-state index in [0.29, 0.717) is 9.34 Å². The average Bonchev–Trinajstić information content (AvgIpc) is 2.63. The molecule has 0 radical (unpaired) electrons. The molecule has 0 saturated carbocycles. The highest BCUT2D eigenvalue weighted by Gasteiger charge is 2.16. The fourth-order valence-electron chi connectivity index (χ4n) is 0.922. The van der Waals surface area contributed by atoms with E-state index in [4.69, 9.17) is 11.6 Å². The third-order valence-corrected chi connectivity index (χ3v) is 3.09. The highest BCUT2D eigenvalue weighted by atomic mass is 35.5. The van der Waals surface area contributed by atoms with Gasteiger partial charge in [0.1, 0.15) is 6.42 Å². The number of nitrogens with zero attached hydrogens (tertiary/aromatic N) is 1. The van der Waals surface area contributed by atoms with Crippen LogP contribution in [0.15, 0.2) is 12.1 Å². The van der Waals surface area contributed by atoms with Crippen LogP contribution in [0.25, 0.3) is 0 Å². The van der Waals surface area contributed by atoms with Gasteiger partial charge in [0, 0.05) is 7.05 Å². The summed E-state index contributed by atoms with van der Waals surface area (Å²) in [4.78, 5) is 23.8. The second-order valence-corrected chi connectivity index (χ2v) is 4.48. The van der Waals surface area contributed by atoms with Gasteiger partial charge in [-0.2, -0.15) is 0 Å². The Kier molecular flexibility index (Phi) is 4.11. The average molecular weight is 248 g/mol. The molecule has 0 aliphatic rings. The van der Waals surface area contributed by atoms with Crippen LogP contribution in [0.3, 0.4) is 0 Å². The molecule has 0 saturated heterocycles. The monoisotopic (exact) mass is 247 g/mol. The first kappa shape index (κ1) is 12.0. The molecule has 15 heavy (non-hydrogen) atoms. The minimum absolute atomic E-state index is 0.261. The summed E-state index contributed by atoms with van der Waals surface area (Å²) in [5.74, 6) is -0.866. The maximum Gasteiger partial charge on any atom is 0.315 e. The third-order valence-electron chi connectivity index (χ3n) is 1.79. The van der Waals surface area contributed by atoms with Crippen LogP contribution in [0.5, 0.6) is 0 Å². The van der Waals surface area contributed by atoms with Gasteiger partial charge in [0.2, 0.25) is 5.91 Å². The first-order valence-corrected chi connectivity index (χ1v) is 5.32. The predicted octanol–water partition coefficient (Wildman–Crippen LogP) is 1.93. The molecule has 1 aromatic rings. The van der Waals surface area contributed by atoms with E-state index in [1.165, 1.54) is 23.3 Å². The van der Waals surface area contributed by atoms with E-state index in [0.717, 1.165) is 0 Å². The van der Waals surface area contributed by atoms with E-state index in [-0.39, 0.29) is 12.3 Å². The lowest BCUT2D eigenvalue weighted by molar-refractivity contribution is -0.143. The van der Waals surface area contributed by atoms with Gasteiger partial charge in [-0.1, -0.05) is 11.6 Å². The largest absolute Gasteiger partial charge is 0.469 e. The molecular weight excluding hydrogens is 238 g/mol. The van der Waals surface area contributed by atoms with Crippen molar-refractivity contribution in [2.45, 2.75) is 6.42 Å². The Morgan fingerprint density at radius 1 is 1.53 bits per heavy atom. The number of methoxy groups -OCH3 is 1. The highest BCUT2D eigenvalue weighted by Crippen LogP contribution is 2.28. The Morgan fingerprint density at radius 3 is 2.67 bits per heavy atom. The number of esters is 1. The Balaban J connectivity index is 2.64. The molecule has 0 N–H and O–H groups in total. The van der Waals surface area contributed by atoms with E-state index >= 15 is 0 Å². The molecule has 0 atom stereocenters. The van der Waals surface area contributed by atoms with Crippen molar-refractivity contribution in [2.24, 2.45) is 0 Å². The number of hydrogen-bond donors (Lipinski definition) is 0. The topological polar surface area (TPSA) is 46.6 Å². The number of anilines is 1. The fourth-order valence-corrected chi connectivity index (χ4v) is 1.93. The number of rotatable bonds is 3. The molecule has 0 spiro atoms. The van der Waals surface area contributed by atoms with Crippen molar-refractivity contribution in [3.63, 3.8) is 0 Å². The molecule has 1 rings (SSSR count). The van der Waals surface area contributed by atoms with Crippen LogP contribution in [0.4, 0.5) is 5.00 Å². The van der Waals surface area contributed by atoms with Gasteiger partial charge in [-0.3, -0.25) is 9.59 Å². The van der Waals surface area contributed by atoms with Gasteiger partial charge >= 0.3 is 5.97 Å². The van der Waals surface area contributed by atoms with Crippen LogP contribution in [-0.4, -0.2) is 26.0 Å². The second-order valence-electron chi connectivity index (χ2n) is 2.78. The van der Waals surface area contributed by atoms with Gasteiger partial charge in [0.15, 0.2) is 0 Å². The van der Waals surface area contributed by atoms with E-state index in [9.17, 15) is 9.59 Å². The number of thiophene rings is 1. The third kappa shape index (κ3) is 3.21. The number of ether oxygens (including phenoxy) is 1. The van der Waals surface area contributed by atoms with Crippen molar-refractivity contribution < 1.29 is 14.3 Å². The van der Waals surface area contributed by atoms with E-state index in [1.807, 2.05) is 0 Å². The summed E-state index contributed by atoms with van der Waals surface area (Å²) in [6.07, 6.45) is -0.261.